The molecule has 0 spiro atoms. The van der Waals surface area contributed by atoms with E-state index in [1.165, 1.54) is 0 Å². The van der Waals surface area contributed by atoms with Crippen LogP contribution in [0.3, 0.4) is 0 Å². The lowest BCUT2D eigenvalue weighted by atomic mass is 10.1. The smallest absolute Gasteiger partial charge is 0.253 e. The van der Waals surface area contributed by atoms with Gasteiger partial charge < -0.3 is 16.0 Å². The summed E-state index contributed by atoms with van der Waals surface area (Å²) in [4.78, 5) is 15.3. The second-order valence-corrected chi connectivity index (χ2v) is 4.86. The summed E-state index contributed by atoms with van der Waals surface area (Å²) in [6.45, 7) is 4.16. The van der Waals surface area contributed by atoms with Crippen LogP contribution in [-0.2, 0) is 0 Å². The predicted molar refractivity (Wildman–Crippen MR) is 74.0 cm³/mol. The molecule has 1 amide bonds. The molecule has 1 aromatic heterocycles. The summed E-state index contributed by atoms with van der Waals surface area (Å²) in [5, 5.41) is 4.38. The summed E-state index contributed by atoms with van der Waals surface area (Å²) in [7, 11) is 0. The highest BCUT2D eigenvalue weighted by Crippen LogP contribution is 2.24. The highest BCUT2D eigenvalue weighted by atomic mass is 35.5. The molecule has 1 atom stereocenters. The van der Waals surface area contributed by atoms with Crippen LogP contribution in [0.5, 0.6) is 0 Å². The van der Waals surface area contributed by atoms with Gasteiger partial charge in [0, 0.05) is 34.2 Å². The van der Waals surface area contributed by atoms with Crippen molar-refractivity contribution < 1.29 is 4.79 Å². The van der Waals surface area contributed by atoms with E-state index in [0.717, 1.165) is 16.6 Å². The fourth-order valence-electron chi connectivity index (χ4n) is 1.95. The maximum Gasteiger partial charge on any atom is 0.253 e. The summed E-state index contributed by atoms with van der Waals surface area (Å²) in [6.07, 6.45) is 0. The second-order valence-electron chi connectivity index (χ2n) is 4.43. The zero-order valence-corrected chi connectivity index (χ0v) is 11.1. The number of halogens is 1. The van der Waals surface area contributed by atoms with Gasteiger partial charge in [0.05, 0.1) is 5.56 Å². The number of amides is 1. The van der Waals surface area contributed by atoms with E-state index in [-0.39, 0.29) is 11.9 Å². The van der Waals surface area contributed by atoms with Gasteiger partial charge in [-0.05, 0) is 26.0 Å². The molecule has 2 rings (SSSR count). The third kappa shape index (κ3) is 2.35. The van der Waals surface area contributed by atoms with Gasteiger partial charge in [0.2, 0.25) is 0 Å². The molecule has 5 heteroatoms. The van der Waals surface area contributed by atoms with Crippen LogP contribution in [0.1, 0.15) is 23.0 Å². The number of hydrogen-bond donors (Lipinski definition) is 3. The number of aromatic amines is 1. The lowest BCUT2D eigenvalue weighted by molar-refractivity contribution is 0.0942. The van der Waals surface area contributed by atoms with Crippen molar-refractivity contribution >= 4 is 28.4 Å². The maximum absolute atomic E-state index is 12.2. The SMILES string of the molecule is Cc1[nH]c2cc(Cl)ccc2c1C(=O)NC(C)CN. The number of fused-ring (bicyclic) bond motifs is 1. The predicted octanol–water partition coefficient (Wildman–Crippen LogP) is 2.21. The van der Waals surface area contributed by atoms with Gasteiger partial charge in [0.15, 0.2) is 0 Å². The zero-order valence-electron chi connectivity index (χ0n) is 10.4. The Labute approximate surface area is 111 Å². The molecule has 1 heterocycles. The topological polar surface area (TPSA) is 70.9 Å². The number of hydrogen-bond acceptors (Lipinski definition) is 2. The molecule has 0 radical (unpaired) electrons. The van der Waals surface area contributed by atoms with Crippen LogP contribution in [0.4, 0.5) is 0 Å². The second kappa shape index (κ2) is 5.00. The molecule has 18 heavy (non-hydrogen) atoms. The Kier molecular flexibility index (Phi) is 3.59. The Hall–Kier alpha value is -1.52. The van der Waals surface area contributed by atoms with Gasteiger partial charge in [-0.2, -0.15) is 0 Å². The Morgan fingerprint density at radius 3 is 2.94 bits per heavy atom. The molecule has 0 saturated heterocycles. The van der Waals surface area contributed by atoms with Crippen LogP contribution >= 0.6 is 11.6 Å². The van der Waals surface area contributed by atoms with Crippen molar-refractivity contribution in [3.05, 3.63) is 34.5 Å². The van der Waals surface area contributed by atoms with E-state index in [1.807, 2.05) is 26.0 Å². The lowest BCUT2D eigenvalue weighted by Gasteiger charge is -2.11. The summed E-state index contributed by atoms with van der Waals surface area (Å²) >= 11 is 5.93. The molecule has 0 aliphatic rings. The van der Waals surface area contributed by atoms with Crippen LogP contribution in [0.2, 0.25) is 5.02 Å². The fraction of sp³-hybridized carbons (Fsp3) is 0.308. The normalized spacial score (nSPS) is 12.7. The molecule has 0 saturated carbocycles. The highest BCUT2D eigenvalue weighted by molar-refractivity contribution is 6.31. The Bertz CT molecular complexity index is 591. The minimum Gasteiger partial charge on any atom is -0.358 e. The van der Waals surface area contributed by atoms with Gasteiger partial charge in [-0.3, -0.25) is 4.79 Å². The Balaban J connectivity index is 2.44. The number of carbonyl (C=O) groups is 1. The summed E-state index contributed by atoms with van der Waals surface area (Å²) in [5.74, 6) is -0.112. The van der Waals surface area contributed by atoms with Crippen molar-refractivity contribution in [1.29, 1.82) is 0 Å². The summed E-state index contributed by atoms with van der Waals surface area (Å²) < 4.78 is 0. The number of aryl methyl sites for hydroxylation is 1. The van der Waals surface area contributed by atoms with Crippen LogP contribution in [0.15, 0.2) is 18.2 Å². The molecular weight excluding hydrogens is 250 g/mol. The molecular formula is C13H16ClN3O. The van der Waals surface area contributed by atoms with Crippen molar-refractivity contribution in [2.24, 2.45) is 5.73 Å². The van der Waals surface area contributed by atoms with Gasteiger partial charge >= 0.3 is 0 Å². The molecule has 0 aliphatic heterocycles. The number of carbonyl (C=O) groups excluding carboxylic acids is 1. The average molecular weight is 266 g/mol. The van der Waals surface area contributed by atoms with Crippen molar-refractivity contribution in [3.8, 4) is 0 Å². The minimum absolute atomic E-state index is 0.0471. The van der Waals surface area contributed by atoms with Crippen molar-refractivity contribution in [2.45, 2.75) is 19.9 Å². The molecule has 1 aromatic carbocycles. The molecule has 4 N–H and O–H groups in total. The minimum atomic E-state index is -0.112. The molecule has 2 aromatic rings. The molecule has 0 aliphatic carbocycles. The molecule has 1 unspecified atom stereocenters. The summed E-state index contributed by atoms with van der Waals surface area (Å²) in [6, 6.07) is 5.39. The van der Waals surface area contributed by atoms with E-state index in [2.05, 4.69) is 10.3 Å². The summed E-state index contributed by atoms with van der Waals surface area (Å²) in [5.41, 5.74) is 7.85. The molecule has 0 fully saturated rings. The Morgan fingerprint density at radius 2 is 2.28 bits per heavy atom. The third-order valence-corrected chi connectivity index (χ3v) is 3.14. The molecule has 96 valence electrons. The standard InChI is InChI=1S/C13H16ClN3O/c1-7(6-15)16-13(18)12-8(2)17-11-5-9(14)3-4-10(11)12/h3-5,7,17H,6,15H2,1-2H3,(H,16,18). The van der Waals surface area contributed by atoms with E-state index >= 15 is 0 Å². The van der Waals surface area contributed by atoms with E-state index in [0.29, 0.717) is 17.1 Å². The van der Waals surface area contributed by atoms with Gasteiger partial charge in [-0.25, -0.2) is 0 Å². The van der Waals surface area contributed by atoms with Gasteiger partial charge in [0.1, 0.15) is 0 Å². The number of rotatable bonds is 3. The lowest BCUT2D eigenvalue weighted by Crippen LogP contribution is -2.37. The monoisotopic (exact) mass is 265 g/mol. The van der Waals surface area contributed by atoms with E-state index < -0.39 is 0 Å². The number of benzene rings is 1. The number of nitrogens with two attached hydrogens (primary N) is 1. The van der Waals surface area contributed by atoms with Gasteiger partial charge in [-0.1, -0.05) is 17.7 Å². The largest absolute Gasteiger partial charge is 0.358 e. The molecule has 4 nitrogen and oxygen atoms in total. The van der Waals surface area contributed by atoms with Gasteiger partial charge in [-0.15, -0.1) is 0 Å². The highest BCUT2D eigenvalue weighted by Gasteiger charge is 2.17. The fourth-order valence-corrected chi connectivity index (χ4v) is 2.12. The van der Waals surface area contributed by atoms with Crippen LogP contribution in [0, 0.1) is 6.92 Å². The van der Waals surface area contributed by atoms with Crippen LogP contribution in [0.25, 0.3) is 10.9 Å². The Morgan fingerprint density at radius 1 is 1.56 bits per heavy atom. The number of H-pyrrole nitrogens is 1. The first kappa shape index (κ1) is 12.9. The number of aromatic nitrogens is 1. The quantitative estimate of drug-likeness (QED) is 0.796. The third-order valence-electron chi connectivity index (χ3n) is 2.91. The van der Waals surface area contributed by atoms with Crippen molar-refractivity contribution in [3.63, 3.8) is 0 Å². The van der Waals surface area contributed by atoms with E-state index in [9.17, 15) is 4.79 Å². The van der Waals surface area contributed by atoms with Crippen LogP contribution < -0.4 is 11.1 Å². The first-order valence-electron chi connectivity index (χ1n) is 5.81. The first-order valence-corrected chi connectivity index (χ1v) is 6.19. The van der Waals surface area contributed by atoms with Crippen molar-refractivity contribution in [1.82, 2.24) is 10.3 Å². The number of nitrogens with one attached hydrogen (secondary N) is 2. The van der Waals surface area contributed by atoms with E-state index in [1.54, 1.807) is 6.07 Å². The van der Waals surface area contributed by atoms with Crippen molar-refractivity contribution in [2.75, 3.05) is 6.54 Å². The van der Waals surface area contributed by atoms with Gasteiger partial charge in [0.25, 0.3) is 5.91 Å². The average Bonchev–Trinajstić information content (AvgIpc) is 2.63. The zero-order chi connectivity index (χ0) is 13.3. The maximum atomic E-state index is 12.2. The van der Waals surface area contributed by atoms with E-state index in [4.69, 9.17) is 17.3 Å². The first-order chi connectivity index (χ1) is 8.52. The van der Waals surface area contributed by atoms with Crippen LogP contribution in [-0.4, -0.2) is 23.5 Å². The molecule has 0 bridgehead atoms.